The summed E-state index contributed by atoms with van der Waals surface area (Å²) in [6, 6.07) is 23.7. The van der Waals surface area contributed by atoms with Crippen LogP contribution in [0.15, 0.2) is 78.9 Å². The second-order valence-electron chi connectivity index (χ2n) is 6.80. The lowest BCUT2D eigenvalue weighted by atomic mass is 10.0. The summed E-state index contributed by atoms with van der Waals surface area (Å²) in [5.74, 6) is 0.580. The van der Waals surface area contributed by atoms with Crippen LogP contribution >= 0.6 is 0 Å². The first kappa shape index (κ1) is 19.4. The SMILES string of the molecule is CC(C)c1ccccc1NC(=O)COc1ccc(C(=O)c2ccccc2)cc1. The summed E-state index contributed by atoms with van der Waals surface area (Å²) in [4.78, 5) is 24.6. The van der Waals surface area contributed by atoms with Gasteiger partial charge in [0.15, 0.2) is 12.4 Å². The Morgan fingerprint density at radius 3 is 2.11 bits per heavy atom. The molecule has 0 bridgehead atoms. The van der Waals surface area contributed by atoms with Gasteiger partial charge in [-0.25, -0.2) is 0 Å². The van der Waals surface area contributed by atoms with Crippen LogP contribution in [0.3, 0.4) is 0 Å². The van der Waals surface area contributed by atoms with E-state index in [-0.39, 0.29) is 18.3 Å². The number of ketones is 1. The summed E-state index contributed by atoms with van der Waals surface area (Å²) in [6.07, 6.45) is 0. The van der Waals surface area contributed by atoms with E-state index >= 15 is 0 Å². The molecule has 0 heterocycles. The van der Waals surface area contributed by atoms with Crippen molar-refractivity contribution in [2.24, 2.45) is 0 Å². The van der Waals surface area contributed by atoms with E-state index in [0.29, 0.717) is 22.8 Å². The van der Waals surface area contributed by atoms with E-state index in [1.54, 1.807) is 36.4 Å². The van der Waals surface area contributed by atoms with Crippen molar-refractivity contribution in [1.29, 1.82) is 0 Å². The highest BCUT2D eigenvalue weighted by molar-refractivity contribution is 6.09. The van der Waals surface area contributed by atoms with E-state index in [4.69, 9.17) is 4.74 Å². The molecule has 142 valence electrons. The third-order valence-electron chi connectivity index (χ3n) is 4.38. The van der Waals surface area contributed by atoms with Gasteiger partial charge in [0.2, 0.25) is 0 Å². The molecule has 0 radical (unpaired) electrons. The van der Waals surface area contributed by atoms with Gasteiger partial charge in [-0.2, -0.15) is 0 Å². The first-order valence-corrected chi connectivity index (χ1v) is 9.26. The van der Waals surface area contributed by atoms with Crippen molar-refractivity contribution >= 4 is 17.4 Å². The number of hydrogen-bond donors (Lipinski definition) is 1. The minimum atomic E-state index is -0.225. The molecule has 0 unspecified atom stereocenters. The molecule has 4 heteroatoms. The number of carbonyl (C=O) groups is 2. The minimum Gasteiger partial charge on any atom is -0.484 e. The highest BCUT2D eigenvalue weighted by Crippen LogP contribution is 2.23. The Bertz CT molecular complexity index is 947. The molecule has 28 heavy (non-hydrogen) atoms. The number of rotatable bonds is 7. The monoisotopic (exact) mass is 373 g/mol. The van der Waals surface area contributed by atoms with E-state index in [2.05, 4.69) is 19.2 Å². The van der Waals surface area contributed by atoms with Crippen LogP contribution in [0, 0.1) is 0 Å². The molecule has 0 aliphatic rings. The van der Waals surface area contributed by atoms with Gasteiger partial charge in [-0.1, -0.05) is 62.4 Å². The van der Waals surface area contributed by atoms with Gasteiger partial charge in [-0.3, -0.25) is 9.59 Å². The molecule has 0 aliphatic heterocycles. The molecule has 0 aliphatic carbocycles. The number of anilines is 1. The summed E-state index contributed by atoms with van der Waals surface area (Å²) in [6.45, 7) is 4.07. The van der Waals surface area contributed by atoms with Gasteiger partial charge in [-0.05, 0) is 41.8 Å². The van der Waals surface area contributed by atoms with Crippen molar-refractivity contribution in [1.82, 2.24) is 0 Å². The number of hydrogen-bond acceptors (Lipinski definition) is 3. The van der Waals surface area contributed by atoms with Crippen molar-refractivity contribution in [3.05, 3.63) is 95.6 Å². The lowest BCUT2D eigenvalue weighted by Crippen LogP contribution is -2.21. The van der Waals surface area contributed by atoms with Crippen LogP contribution < -0.4 is 10.1 Å². The molecule has 0 atom stereocenters. The van der Waals surface area contributed by atoms with Gasteiger partial charge in [0.25, 0.3) is 5.91 Å². The van der Waals surface area contributed by atoms with Gasteiger partial charge in [0, 0.05) is 16.8 Å². The number of nitrogens with one attached hydrogen (secondary N) is 1. The quantitative estimate of drug-likeness (QED) is 0.589. The van der Waals surface area contributed by atoms with Crippen LogP contribution in [0.5, 0.6) is 5.75 Å². The predicted octanol–water partition coefficient (Wildman–Crippen LogP) is 5.06. The van der Waals surface area contributed by atoms with E-state index in [1.807, 2.05) is 42.5 Å². The Labute approximate surface area is 165 Å². The first-order chi connectivity index (χ1) is 13.5. The second-order valence-corrected chi connectivity index (χ2v) is 6.80. The molecule has 1 N–H and O–H groups in total. The minimum absolute atomic E-state index is 0.0461. The highest BCUT2D eigenvalue weighted by atomic mass is 16.5. The van der Waals surface area contributed by atoms with E-state index < -0.39 is 0 Å². The molecule has 3 aromatic rings. The van der Waals surface area contributed by atoms with Crippen molar-refractivity contribution < 1.29 is 14.3 Å². The normalized spacial score (nSPS) is 10.5. The zero-order chi connectivity index (χ0) is 19.9. The van der Waals surface area contributed by atoms with Crippen molar-refractivity contribution in [3.8, 4) is 5.75 Å². The summed E-state index contributed by atoms with van der Waals surface area (Å²) < 4.78 is 5.56. The number of amides is 1. The van der Waals surface area contributed by atoms with Gasteiger partial charge in [0.1, 0.15) is 5.75 Å². The van der Waals surface area contributed by atoms with Crippen molar-refractivity contribution in [2.75, 3.05) is 11.9 Å². The van der Waals surface area contributed by atoms with Gasteiger partial charge in [-0.15, -0.1) is 0 Å². The van der Waals surface area contributed by atoms with Crippen LogP contribution in [0.1, 0.15) is 41.3 Å². The Morgan fingerprint density at radius 2 is 1.43 bits per heavy atom. The fraction of sp³-hybridized carbons (Fsp3) is 0.167. The van der Waals surface area contributed by atoms with Gasteiger partial charge >= 0.3 is 0 Å². The molecule has 0 saturated carbocycles. The lowest BCUT2D eigenvalue weighted by molar-refractivity contribution is -0.118. The molecule has 0 fully saturated rings. The smallest absolute Gasteiger partial charge is 0.262 e. The Morgan fingerprint density at radius 1 is 0.821 bits per heavy atom. The van der Waals surface area contributed by atoms with Crippen LogP contribution in [0.25, 0.3) is 0 Å². The molecular formula is C24H23NO3. The largest absolute Gasteiger partial charge is 0.484 e. The highest BCUT2D eigenvalue weighted by Gasteiger charge is 2.11. The van der Waals surface area contributed by atoms with Gasteiger partial charge in [0.05, 0.1) is 0 Å². The van der Waals surface area contributed by atoms with Crippen LogP contribution in [-0.2, 0) is 4.79 Å². The maximum absolute atomic E-state index is 12.4. The molecule has 4 nitrogen and oxygen atoms in total. The summed E-state index contributed by atoms with van der Waals surface area (Å²) >= 11 is 0. The number of carbonyl (C=O) groups excluding carboxylic acids is 2. The fourth-order valence-corrected chi connectivity index (χ4v) is 2.91. The van der Waals surface area contributed by atoms with Crippen LogP contribution in [0.2, 0.25) is 0 Å². The van der Waals surface area contributed by atoms with Crippen molar-refractivity contribution in [2.45, 2.75) is 19.8 Å². The lowest BCUT2D eigenvalue weighted by Gasteiger charge is -2.14. The van der Waals surface area contributed by atoms with Crippen LogP contribution in [0.4, 0.5) is 5.69 Å². The Kier molecular flexibility index (Phi) is 6.22. The van der Waals surface area contributed by atoms with Crippen molar-refractivity contribution in [3.63, 3.8) is 0 Å². The Hall–Kier alpha value is -3.40. The molecule has 3 rings (SSSR count). The maximum atomic E-state index is 12.4. The molecule has 3 aromatic carbocycles. The zero-order valence-electron chi connectivity index (χ0n) is 16.0. The second kappa shape index (κ2) is 9.00. The average molecular weight is 373 g/mol. The molecule has 0 aromatic heterocycles. The number of benzene rings is 3. The maximum Gasteiger partial charge on any atom is 0.262 e. The Balaban J connectivity index is 1.58. The van der Waals surface area contributed by atoms with Gasteiger partial charge < -0.3 is 10.1 Å². The summed E-state index contributed by atoms with van der Waals surface area (Å²) in [7, 11) is 0. The standard InChI is InChI=1S/C24H23NO3/c1-17(2)21-10-6-7-11-22(21)25-23(26)16-28-20-14-12-19(13-15-20)24(27)18-8-4-3-5-9-18/h3-15,17H,16H2,1-2H3,(H,25,26). The summed E-state index contributed by atoms with van der Waals surface area (Å²) in [5.41, 5.74) is 3.10. The molecule has 0 saturated heterocycles. The number of para-hydroxylation sites is 1. The third-order valence-corrected chi connectivity index (χ3v) is 4.38. The summed E-state index contributed by atoms with van der Waals surface area (Å²) in [5, 5.41) is 2.90. The van der Waals surface area contributed by atoms with E-state index in [0.717, 1.165) is 11.3 Å². The predicted molar refractivity (Wildman–Crippen MR) is 111 cm³/mol. The number of ether oxygens (including phenoxy) is 1. The topological polar surface area (TPSA) is 55.4 Å². The van der Waals surface area contributed by atoms with E-state index in [9.17, 15) is 9.59 Å². The van der Waals surface area contributed by atoms with Crippen LogP contribution in [-0.4, -0.2) is 18.3 Å². The zero-order valence-corrected chi connectivity index (χ0v) is 16.0. The molecule has 1 amide bonds. The van der Waals surface area contributed by atoms with E-state index in [1.165, 1.54) is 0 Å². The fourth-order valence-electron chi connectivity index (χ4n) is 2.91. The molecule has 0 spiro atoms. The third kappa shape index (κ3) is 4.86. The molecular weight excluding hydrogens is 350 g/mol. The first-order valence-electron chi connectivity index (χ1n) is 9.26. The average Bonchev–Trinajstić information content (AvgIpc) is 2.73.